The van der Waals surface area contributed by atoms with E-state index in [0.29, 0.717) is 0 Å². The molecule has 0 bridgehead atoms. The van der Waals surface area contributed by atoms with Gasteiger partial charge in [0.2, 0.25) is 11.4 Å². The van der Waals surface area contributed by atoms with Gasteiger partial charge >= 0.3 is 0 Å². The number of allylic oxidation sites excluding steroid dienone is 4. The summed E-state index contributed by atoms with van der Waals surface area (Å²) in [5, 5.41) is 14.0. The molecule has 2 aromatic rings. The van der Waals surface area contributed by atoms with Crippen molar-refractivity contribution in [3.8, 4) is 0 Å². The largest absolute Gasteiger partial charge is 0.493 e. The number of hydrogen-bond acceptors (Lipinski definition) is 2. The molecule has 0 spiro atoms. The van der Waals surface area contributed by atoms with E-state index in [1.165, 1.54) is 80.0 Å². The molecule has 0 saturated heterocycles. The number of hydrogen-bond donors (Lipinski definition) is 2. The van der Waals surface area contributed by atoms with Crippen LogP contribution in [-0.4, -0.2) is 29.1 Å². The van der Waals surface area contributed by atoms with Crippen LogP contribution < -0.4 is 0 Å². The van der Waals surface area contributed by atoms with Crippen LogP contribution in [0.4, 0.5) is 0 Å². The average molecular weight is 639 g/mol. The zero-order valence-electron chi connectivity index (χ0n) is 25.2. The Bertz CT molecular complexity index is 1040. The third-order valence-corrected chi connectivity index (χ3v) is 6.91. The van der Waals surface area contributed by atoms with Crippen LogP contribution in [0, 0.1) is 0 Å². The molecule has 1 aliphatic rings. The fraction of sp³-hybridized carbons (Fsp3) is 0.486. The van der Waals surface area contributed by atoms with E-state index >= 15 is 0 Å². The Morgan fingerprint density at radius 1 is 0.675 bits per heavy atom. The smallest absolute Gasteiger partial charge is 0.207 e. The summed E-state index contributed by atoms with van der Waals surface area (Å²) in [6, 6.07) is 17.1. The quantitative estimate of drug-likeness (QED) is 0.0833. The number of benzene rings is 2. The molecule has 0 radical (unpaired) electrons. The number of rotatable bonds is 16. The predicted molar refractivity (Wildman–Crippen MR) is 167 cm³/mol. The normalized spacial score (nSPS) is 12.1. The summed E-state index contributed by atoms with van der Waals surface area (Å²) in [7, 11) is 2.00. The van der Waals surface area contributed by atoms with Crippen LogP contribution in [0.5, 0.6) is 0 Å². The first kappa shape index (κ1) is 37.8. The van der Waals surface area contributed by atoms with Crippen molar-refractivity contribution in [2.45, 2.75) is 97.3 Å². The fourth-order valence-corrected chi connectivity index (χ4v) is 4.80. The van der Waals surface area contributed by atoms with E-state index in [0.717, 1.165) is 56.0 Å². The third kappa shape index (κ3) is 13.5. The standard InChI is InChI=1S/C33H44N2.2CH4O.Pd/c1-3-5-7-8-9-10-11-12-13-14-15-21-29-22-16-17-24-31(29)33-26-25-32(35(33)34)30-23-18-20-28(27-30)19-6-4-2;2*1-2;/h13-14,16-18,20,22-27H,3-12,15,19,21H2,1-2H3;2*2H,1H3;. The van der Waals surface area contributed by atoms with E-state index in [9.17, 15) is 5.53 Å². The molecule has 1 heterocycles. The number of aliphatic hydroxyl groups is 2. The first-order valence-electron chi connectivity index (χ1n) is 14.9. The van der Waals surface area contributed by atoms with Gasteiger partial charge in [-0.3, -0.25) is 0 Å². The molecule has 0 atom stereocenters. The van der Waals surface area contributed by atoms with Gasteiger partial charge in [-0.1, -0.05) is 101 Å². The number of nitrogens with zero attached hydrogens (tertiary/aromatic N) is 2. The van der Waals surface area contributed by atoms with Crippen molar-refractivity contribution in [2.24, 2.45) is 0 Å². The minimum Gasteiger partial charge on any atom is -0.493 e. The molecule has 40 heavy (non-hydrogen) atoms. The maximum absolute atomic E-state index is 11.1. The first-order chi connectivity index (χ1) is 19.2. The topological polar surface area (TPSA) is 65.8 Å². The summed E-state index contributed by atoms with van der Waals surface area (Å²) < 4.78 is 1.37. The first-order valence-corrected chi connectivity index (χ1v) is 14.9. The van der Waals surface area contributed by atoms with Crippen molar-refractivity contribution in [2.75, 3.05) is 14.2 Å². The fourth-order valence-electron chi connectivity index (χ4n) is 4.80. The number of aliphatic hydroxyl groups excluding tert-OH is 2. The van der Waals surface area contributed by atoms with Gasteiger partial charge < -0.3 is 15.7 Å². The van der Waals surface area contributed by atoms with Gasteiger partial charge in [0.05, 0.1) is 0 Å². The van der Waals surface area contributed by atoms with Gasteiger partial charge in [0.1, 0.15) is 0 Å². The van der Waals surface area contributed by atoms with Crippen LogP contribution in [0.1, 0.15) is 107 Å². The second kappa shape index (κ2) is 24.6. The molecular weight excluding hydrogens is 587 g/mol. The van der Waals surface area contributed by atoms with E-state index in [1.807, 2.05) is 12.2 Å². The zero-order chi connectivity index (χ0) is 28.7. The van der Waals surface area contributed by atoms with Crippen LogP contribution in [-0.2, 0) is 33.3 Å². The maximum Gasteiger partial charge on any atom is 0.207 e. The van der Waals surface area contributed by atoms with Crippen LogP contribution in [0.25, 0.3) is 16.9 Å². The minimum absolute atomic E-state index is 0. The molecule has 2 aromatic carbocycles. The Kier molecular flexibility index (Phi) is 23.3. The molecule has 2 N–H and O–H groups in total. The second-order valence-corrected chi connectivity index (χ2v) is 9.80. The molecule has 1 aliphatic heterocycles. The van der Waals surface area contributed by atoms with E-state index < -0.39 is 0 Å². The van der Waals surface area contributed by atoms with Gasteiger partial charge in [0.25, 0.3) is 0 Å². The minimum atomic E-state index is 0. The van der Waals surface area contributed by atoms with Crippen molar-refractivity contribution in [3.63, 3.8) is 0 Å². The molecule has 224 valence electrons. The average Bonchev–Trinajstić information content (AvgIpc) is 3.38. The van der Waals surface area contributed by atoms with Crippen LogP contribution in [0.15, 0.2) is 72.8 Å². The third-order valence-electron chi connectivity index (χ3n) is 6.91. The summed E-state index contributed by atoms with van der Waals surface area (Å²) in [5.74, 6) is 0. The van der Waals surface area contributed by atoms with Crippen molar-refractivity contribution in [1.29, 1.82) is 0 Å². The van der Waals surface area contributed by atoms with Gasteiger partial charge in [0, 0.05) is 57.9 Å². The van der Waals surface area contributed by atoms with Crippen LogP contribution >= 0.6 is 0 Å². The second-order valence-electron chi connectivity index (χ2n) is 9.80. The summed E-state index contributed by atoms with van der Waals surface area (Å²) in [5.41, 5.74) is 17.6. The van der Waals surface area contributed by atoms with E-state index in [-0.39, 0.29) is 20.4 Å². The Labute approximate surface area is 258 Å². The zero-order valence-corrected chi connectivity index (χ0v) is 26.8. The van der Waals surface area contributed by atoms with Crippen molar-refractivity contribution in [1.82, 2.24) is 0 Å². The Hall–Kier alpha value is -2.16. The Morgan fingerprint density at radius 3 is 2.02 bits per heavy atom. The van der Waals surface area contributed by atoms with E-state index in [1.54, 1.807) is 0 Å². The molecule has 0 fully saturated rings. The SMILES string of the molecule is CCCCCCCCCC=CCCc1ccccc1C1=CC=C(c2cccc(CCCC)c2)[N+]1=[N-].CO.CO.[Pd]. The molecule has 5 heteroatoms. The predicted octanol–water partition coefficient (Wildman–Crippen LogP) is 9.30. The van der Waals surface area contributed by atoms with Crippen molar-refractivity contribution in [3.05, 3.63) is 101 Å². The monoisotopic (exact) mass is 638 g/mol. The van der Waals surface area contributed by atoms with Gasteiger partial charge in [0.15, 0.2) is 0 Å². The van der Waals surface area contributed by atoms with Gasteiger partial charge in [-0.2, -0.15) is 0 Å². The Balaban J connectivity index is 0.00000291. The summed E-state index contributed by atoms with van der Waals surface area (Å²) in [4.78, 5) is 0. The number of aryl methyl sites for hydroxylation is 2. The number of unbranched alkanes of at least 4 members (excludes halogenated alkanes) is 8. The molecule has 0 saturated carbocycles. The van der Waals surface area contributed by atoms with Gasteiger partial charge in [-0.25, -0.2) is 4.70 Å². The molecule has 3 rings (SSSR count). The molecule has 4 nitrogen and oxygen atoms in total. The molecule has 0 amide bonds. The van der Waals surface area contributed by atoms with Gasteiger partial charge in [-0.15, -0.1) is 0 Å². The molecule has 0 aliphatic carbocycles. The summed E-state index contributed by atoms with van der Waals surface area (Å²) in [6.45, 7) is 4.49. The van der Waals surface area contributed by atoms with Crippen LogP contribution in [0.3, 0.4) is 0 Å². The molecule has 0 aromatic heterocycles. The van der Waals surface area contributed by atoms with Crippen LogP contribution in [0.2, 0.25) is 0 Å². The molecule has 0 unspecified atom stereocenters. The maximum atomic E-state index is 11.1. The van der Waals surface area contributed by atoms with Crippen molar-refractivity contribution < 1.29 is 35.3 Å². The van der Waals surface area contributed by atoms with Gasteiger partial charge in [-0.05, 0) is 67.9 Å². The van der Waals surface area contributed by atoms with E-state index in [4.69, 9.17) is 10.2 Å². The summed E-state index contributed by atoms with van der Waals surface area (Å²) >= 11 is 0. The Morgan fingerprint density at radius 2 is 1.30 bits per heavy atom. The van der Waals surface area contributed by atoms with Crippen molar-refractivity contribution >= 4 is 11.4 Å². The van der Waals surface area contributed by atoms with E-state index in [2.05, 4.69) is 74.5 Å². The summed E-state index contributed by atoms with van der Waals surface area (Å²) in [6.07, 6.45) is 25.0. The molecular formula is C35H52N2O2Pd.